The number of fused-ring (bicyclic) bond motifs is 1. The number of hydrogen-bond acceptors (Lipinski definition) is 2. The molecule has 1 aromatic rings. The molecule has 3 rings (SSSR count). The summed E-state index contributed by atoms with van der Waals surface area (Å²) in [7, 11) is 1.99. The van der Waals surface area contributed by atoms with Gasteiger partial charge in [0, 0.05) is 16.8 Å². The highest BCUT2D eigenvalue weighted by Gasteiger charge is 2.67. The van der Waals surface area contributed by atoms with Crippen LogP contribution in [0.15, 0.2) is 12.1 Å². The number of amides is 1. The second-order valence-electron chi connectivity index (χ2n) is 7.44. The molecule has 1 saturated carbocycles. The molecule has 21 heavy (non-hydrogen) atoms. The molecule has 0 spiro atoms. The van der Waals surface area contributed by atoms with E-state index in [0.717, 1.165) is 21.8 Å². The normalized spacial score (nSPS) is 23.6. The van der Waals surface area contributed by atoms with Crippen LogP contribution in [0, 0.1) is 16.7 Å². The van der Waals surface area contributed by atoms with Crippen molar-refractivity contribution in [2.75, 3.05) is 12.4 Å². The van der Waals surface area contributed by atoms with Crippen LogP contribution in [0.5, 0.6) is 0 Å². The van der Waals surface area contributed by atoms with Gasteiger partial charge in [0.15, 0.2) is 0 Å². The summed E-state index contributed by atoms with van der Waals surface area (Å²) in [6.45, 7) is 9.26. The molecule has 4 heteroatoms. The third-order valence-electron chi connectivity index (χ3n) is 5.96. The number of benzene rings is 1. The molecule has 2 aliphatic rings. The maximum absolute atomic E-state index is 11.5. The topological polar surface area (TPSA) is 41.1 Å². The van der Waals surface area contributed by atoms with Gasteiger partial charge in [0.1, 0.15) is 0 Å². The van der Waals surface area contributed by atoms with Gasteiger partial charge in [-0.2, -0.15) is 0 Å². The van der Waals surface area contributed by atoms with E-state index in [1.54, 1.807) is 0 Å². The lowest BCUT2D eigenvalue weighted by molar-refractivity contribution is -0.115. The SMILES string of the molecule is CNC(c1cc2c(cc1Cl)NC(=O)C2)C1C(C)(C)C1(C)C. The van der Waals surface area contributed by atoms with E-state index in [2.05, 4.69) is 44.4 Å². The van der Waals surface area contributed by atoms with Gasteiger partial charge in [-0.05, 0) is 41.0 Å². The summed E-state index contributed by atoms with van der Waals surface area (Å²) in [5.74, 6) is 0.571. The molecule has 1 unspecified atom stereocenters. The highest BCUT2D eigenvalue weighted by molar-refractivity contribution is 6.32. The Morgan fingerprint density at radius 2 is 1.90 bits per heavy atom. The van der Waals surface area contributed by atoms with E-state index in [9.17, 15) is 4.79 Å². The minimum Gasteiger partial charge on any atom is -0.325 e. The van der Waals surface area contributed by atoms with Gasteiger partial charge in [0.2, 0.25) is 5.91 Å². The van der Waals surface area contributed by atoms with Crippen LogP contribution >= 0.6 is 11.6 Å². The van der Waals surface area contributed by atoms with E-state index >= 15 is 0 Å². The summed E-state index contributed by atoms with van der Waals surface area (Å²) in [4.78, 5) is 11.5. The van der Waals surface area contributed by atoms with Gasteiger partial charge in [-0.15, -0.1) is 0 Å². The molecule has 1 fully saturated rings. The van der Waals surface area contributed by atoms with Crippen LogP contribution in [-0.4, -0.2) is 13.0 Å². The fraction of sp³-hybridized carbons (Fsp3) is 0.588. The van der Waals surface area contributed by atoms with Crippen molar-refractivity contribution >= 4 is 23.2 Å². The molecule has 0 bridgehead atoms. The minimum absolute atomic E-state index is 0.0475. The molecule has 0 radical (unpaired) electrons. The standard InChI is InChI=1S/C17H23ClN2O/c1-16(2)15(17(16,3)4)14(19-5)10-6-9-7-13(21)20-12(9)8-11(10)18/h6,8,14-15,19H,7H2,1-5H3,(H,20,21). The summed E-state index contributed by atoms with van der Waals surface area (Å²) in [5, 5.41) is 7.03. The molecule has 3 nitrogen and oxygen atoms in total. The number of anilines is 1. The molecule has 1 amide bonds. The van der Waals surface area contributed by atoms with Gasteiger partial charge in [-0.3, -0.25) is 4.79 Å². The Hall–Kier alpha value is -1.06. The number of nitrogens with one attached hydrogen (secondary N) is 2. The Balaban J connectivity index is 2.00. The van der Waals surface area contributed by atoms with E-state index in [4.69, 9.17) is 11.6 Å². The van der Waals surface area contributed by atoms with E-state index < -0.39 is 0 Å². The Morgan fingerprint density at radius 1 is 1.29 bits per heavy atom. The smallest absolute Gasteiger partial charge is 0.228 e. The molecule has 2 N–H and O–H groups in total. The van der Waals surface area contributed by atoms with Gasteiger partial charge >= 0.3 is 0 Å². The van der Waals surface area contributed by atoms with Crippen LogP contribution in [-0.2, 0) is 11.2 Å². The average Bonchev–Trinajstić information content (AvgIpc) is 2.68. The zero-order valence-corrected chi connectivity index (χ0v) is 14.1. The predicted octanol–water partition coefficient (Wildman–Crippen LogP) is 3.78. The largest absolute Gasteiger partial charge is 0.325 e. The summed E-state index contributed by atoms with van der Waals surface area (Å²) in [6, 6.07) is 4.20. The number of carbonyl (C=O) groups excluding carboxylic acids is 1. The fourth-order valence-electron chi connectivity index (χ4n) is 4.09. The number of halogens is 1. The van der Waals surface area contributed by atoms with E-state index in [0.29, 0.717) is 12.3 Å². The van der Waals surface area contributed by atoms with Crippen molar-refractivity contribution < 1.29 is 4.79 Å². The van der Waals surface area contributed by atoms with Crippen molar-refractivity contribution in [2.45, 2.75) is 40.2 Å². The summed E-state index contributed by atoms with van der Waals surface area (Å²) < 4.78 is 0. The van der Waals surface area contributed by atoms with Crippen LogP contribution in [0.2, 0.25) is 5.02 Å². The number of carbonyl (C=O) groups is 1. The molecule has 0 saturated heterocycles. The number of rotatable bonds is 3. The maximum atomic E-state index is 11.5. The molecule has 114 valence electrons. The minimum atomic E-state index is 0.0475. The van der Waals surface area contributed by atoms with E-state index in [1.165, 1.54) is 0 Å². The lowest BCUT2D eigenvalue weighted by Crippen LogP contribution is -2.22. The van der Waals surface area contributed by atoms with E-state index in [-0.39, 0.29) is 22.8 Å². The molecular formula is C17H23ClN2O. The summed E-state index contributed by atoms with van der Waals surface area (Å²) >= 11 is 6.50. The Bertz CT molecular complexity index is 607. The molecule has 1 aliphatic carbocycles. The summed E-state index contributed by atoms with van der Waals surface area (Å²) in [6.07, 6.45) is 0.452. The Kier molecular flexibility index (Phi) is 3.16. The lowest BCUT2D eigenvalue weighted by atomic mass is 9.94. The molecule has 0 aromatic heterocycles. The molecule has 1 heterocycles. The maximum Gasteiger partial charge on any atom is 0.228 e. The predicted molar refractivity (Wildman–Crippen MR) is 86.6 cm³/mol. The zero-order chi connectivity index (χ0) is 15.6. The fourth-order valence-corrected chi connectivity index (χ4v) is 4.37. The first-order valence-electron chi connectivity index (χ1n) is 7.49. The van der Waals surface area contributed by atoms with Gasteiger partial charge in [-0.25, -0.2) is 0 Å². The van der Waals surface area contributed by atoms with Crippen LogP contribution in [0.1, 0.15) is 44.9 Å². The van der Waals surface area contributed by atoms with Crippen LogP contribution in [0.25, 0.3) is 0 Å². The van der Waals surface area contributed by atoms with Crippen molar-refractivity contribution in [1.82, 2.24) is 5.32 Å². The molecule has 1 atom stereocenters. The van der Waals surface area contributed by atoms with Crippen LogP contribution in [0.4, 0.5) is 5.69 Å². The van der Waals surface area contributed by atoms with E-state index in [1.807, 2.05) is 13.1 Å². The van der Waals surface area contributed by atoms with Crippen molar-refractivity contribution in [3.05, 3.63) is 28.3 Å². The first-order valence-corrected chi connectivity index (χ1v) is 7.87. The van der Waals surface area contributed by atoms with Crippen molar-refractivity contribution in [3.8, 4) is 0 Å². The highest BCUT2D eigenvalue weighted by Crippen LogP contribution is 2.72. The summed E-state index contributed by atoms with van der Waals surface area (Å²) in [5.41, 5.74) is 3.57. The zero-order valence-electron chi connectivity index (χ0n) is 13.3. The van der Waals surface area contributed by atoms with Gasteiger partial charge in [0.25, 0.3) is 0 Å². The van der Waals surface area contributed by atoms with Crippen molar-refractivity contribution in [1.29, 1.82) is 0 Å². The van der Waals surface area contributed by atoms with Crippen LogP contribution < -0.4 is 10.6 Å². The first kappa shape index (κ1) is 14.9. The van der Waals surface area contributed by atoms with Crippen molar-refractivity contribution in [3.63, 3.8) is 0 Å². The molecule has 1 aromatic carbocycles. The van der Waals surface area contributed by atoms with Crippen molar-refractivity contribution in [2.24, 2.45) is 16.7 Å². The second kappa shape index (κ2) is 4.47. The highest BCUT2D eigenvalue weighted by atomic mass is 35.5. The molecule has 1 aliphatic heterocycles. The molecular weight excluding hydrogens is 284 g/mol. The third kappa shape index (κ3) is 2.01. The van der Waals surface area contributed by atoms with Gasteiger partial charge in [0.05, 0.1) is 6.42 Å². The Morgan fingerprint density at radius 3 is 2.43 bits per heavy atom. The third-order valence-corrected chi connectivity index (χ3v) is 6.29. The Labute approximate surface area is 131 Å². The second-order valence-corrected chi connectivity index (χ2v) is 7.85. The number of hydrogen-bond donors (Lipinski definition) is 2. The monoisotopic (exact) mass is 306 g/mol. The van der Waals surface area contributed by atoms with Gasteiger partial charge < -0.3 is 10.6 Å². The lowest BCUT2D eigenvalue weighted by Gasteiger charge is -2.21. The van der Waals surface area contributed by atoms with Gasteiger partial charge in [-0.1, -0.05) is 45.4 Å². The first-order chi connectivity index (χ1) is 9.70. The average molecular weight is 307 g/mol. The van der Waals surface area contributed by atoms with Crippen LogP contribution in [0.3, 0.4) is 0 Å². The quantitative estimate of drug-likeness (QED) is 0.892.